The fraction of sp³-hybridized carbons (Fsp3) is 0.444. The normalized spacial score (nSPS) is 19.0. The lowest BCUT2D eigenvalue weighted by Gasteiger charge is -2.23. The van der Waals surface area contributed by atoms with Crippen LogP contribution in [-0.2, 0) is 9.59 Å². The smallest absolute Gasteiger partial charge is 0.258 e. The molecular weight excluding hydrogens is 414 g/mol. The van der Waals surface area contributed by atoms with Gasteiger partial charge in [-0.2, -0.15) is 0 Å². The summed E-state index contributed by atoms with van der Waals surface area (Å²) in [4.78, 5) is 40.2. The second kappa shape index (κ2) is 10.3. The predicted octanol–water partition coefficient (Wildman–Crippen LogP) is 4.29. The van der Waals surface area contributed by atoms with E-state index >= 15 is 0 Å². The van der Waals surface area contributed by atoms with Gasteiger partial charge in [0.2, 0.25) is 5.91 Å². The fourth-order valence-electron chi connectivity index (χ4n) is 4.89. The molecule has 1 N–H and O–H groups in total. The molecule has 2 aromatic rings. The Bertz CT molecular complexity index is 994. The molecule has 0 bridgehead atoms. The molecule has 1 heterocycles. The number of amides is 2. The quantitative estimate of drug-likeness (QED) is 0.687. The summed E-state index contributed by atoms with van der Waals surface area (Å²) < 4.78 is 0. The van der Waals surface area contributed by atoms with Gasteiger partial charge in [0.05, 0.1) is 12.6 Å². The average Bonchev–Trinajstić information content (AvgIpc) is 3.22. The van der Waals surface area contributed by atoms with Crippen molar-refractivity contribution in [3.63, 3.8) is 0 Å². The summed E-state index contributed by atoms with van der Waals surface area (Å²) >= 11 is 0. The number of carbonyl (C=O) groups is 3. The summed E-state index contributed by atoms with van der Waals surface area (Å²) in [6, 6.07) is 15.2. The minimum absolute atomic E-state index is 0.0157. The predicted molar refractivity (Wildman–Crippen MR) is 131 cm³/mol. The highest BCUT2D eigenvalue weighted by atomic mass is 16.2. The Morgan fingerprint density at radius 3 is 2.27 bits per heavy atom. The molecule has 1 aliphatic carbocycles. The Morgan fingerprint density at radius 1 is 0.970 bits per heavy atom. The largest absolute Gasteiger partial charge is 0.311 e. The minimum Gasteiger partial charge on any atom is -0.311 e. The first kappa shape index (κ1) is 23.2. The summed E-state index contributed by atoms with van der Waals surface area (Å²) in [5, 5.41) is 3.02. The maximum Gasteiger partial charge on any atom is 0.258 e. The van der Waals surface area contributed by atoms with Crippen molar-refractivity contribution in [3.05, 3.63) is 59.7 Å². The first-order valence-electron chi connectivity index (χ1n) is 12.0. The molecule has 6 nitrogen and oxygen atoms in total. The third-order valence-electron chi connectivity index (χ3n) is 6.89. The number of ketones is 1. The molecule has 2 fully saturated rings. The number of carbonyl (C=O) groups excluding carboxylic acids is 3. The molecule has 1 saturated heterocycles. The van der Waals surface area contributed by atoms with Crippen LogP contribution in [0.25, 0.3) is 0 Å². The molecule has 2 aromatic carbocycles. The van der Waals surface area contributed by atoms with Crippen molar-refractivity contribution in [2.45, 2.75) is 57.4 Å². The fourth-order valence-corrected chi connectivity index (χ4v) is 4.89. The van der Waals surface area contributed by atoms with Crippen LogP contribution in [0, 0.1) is 0 Å². The molecule has 4 rings (SSSR count). The van der Waals surface area contributed by atoms with E-state index in [-0.39, 0.29) is 30.2 Å². The van der Waals surface area contributed by atoms with Gasteiger partial charge in [-0.3, -0.25) is 19.7 Å². The van der Waals surface area contributed by atoms with Gasteiger partial charge in [0, 0.05) is 30.5 Å². The zero-order valence-corrected chi connectivity index (χ0v) is 19.5. The number of Topliss-reactive ketones (excluding diaryl/α,β-unsaturated/α-hetero) is 1. The number of anilines is 2. The van der Waals surface area contributed by atoms with Crippen LogP contribution >= 0.6 is 0 Å². The topological polar surface area (TPSA) is 69.7 Å². The summed E-state index contributed by atoms with van der Waals surface area (Å²) in [5.74, 6) is 0.566. The van der Waals surface area contributed by atoms with Crippen molar-refractivity contribution in [2.75, 3.05) is 29.9 Å². The maximum atomic E-state index is 13.0. The molecule has 0 aromatic heterocycles. The SMILES string of the molecule is CC(=O)CNC1CCN(c2ccc(N(C)C(=O)c3ccc(C4CCCCC4)cc3)cc2)C1=O. The van der Waals surface area contributed by atoms with Crippen LogP contribution in [0.3, 0.4) is 0 Å². The Hall–Kier alpha value is -2.99. The minimum atomic E-state index is -0.325. The number of hydrogen-bond acceptors (Lipinski definition) is 4. The number of benzene rings is 2. The highest BCUT2D eigenvalue weighted by Crippen LogP contribution is 2.33. The Morgan fingerprint density at radius 2 is 1.64 bits per heavy atom. The van der Waals surface area contributed by atoms with Gasteiger partial charge >= 0.3 is 0 Å². The van der Waals surface area contributed by atoms with Crippen LogP contribution in [0.1, 0.15) is 67.3 Å². The molecule has 174 valence electrons. The average molecular weight is 448 g/mol. The monoisotopic (exact) mass is 447 g/mol. The lowest BCUT2D eigenvalue weighted by molar-refractivity contribution is -0.119. The molecule has 33 heavy (non-hydrogen) atoms. The Labute approximate surface area is 196 Å². The Balaban J connectivity index is 1.38. The van der Waals surface area contributed by atoms with Crippen LogP contribution in [0.2, 0.25) is 0 Å². The molecule has 1 atom stereocenters. The zero-order chi connectivity index (χ0) is 23.4. The lowest BCUT2D eigenvalue weighted by atomic mass is 9.84. The van der Waals surface area contributed by atoms with Crippen molar-refractivity contribution in [1.82, 2.24) is 5.32 Å². The van der Waals surface area contributed by atoms with E-state index in [1.54, 1.807) is 16.8 Å². The summed E-state index contributed by atoms with van der Waals surface area (Å²) in [6.07, 6.45) is 7.08. The summed E-state index contributed by atoms with van der Waals surface area (Å²) in [5.41, 5.74) is 3.59. The highest BCUT2D eigenvalue weighted by Gasteiger charge is 2.32. The van der Waals surface area contributed by atoms with Gasteiger partial charge in [0.25, 0.3) is 5.91 Å². The van der Waals surface area contributed by atoms with E-state index in [1.165, 1.54) is 44.6 Å². The van der Waals surface area contributed by atoms with E-state index in [9.17, 15) is 14.4 Å². The summed E-state index contributed by atoms with van der Waals surface area (Å²) in [6.45, 7) is 2.32. The molecular formula is C27H33N3O3. The van der Waals surface area contributed by atoms with E-state index < -0.39 is 0 Å². The second-order valence-electron chi connectivity index (χ2n) is 9.25. The third-order valence-corrected chi connectivity index (χ3v) is 6.89. The van der Waals surface area contributed by atoms with Crippen molar-refractivity contribution in [3.8, 4) is 0 Å². The molecule has 2 amide bonds. The van der Waals surface area contributed by atoms with E-state index in [0.29, 0.717) is 24.4 Å². The molecule has 6 heteroatoms. The van der Waals surface area contributed by atoms with Gasteiger partial charge in [-0.1, -0.05) is 31.4 Å². The van der Waals surface area contributed by atoms with E-state index in [1.807, 2.05) is 36.4 Å². The van der Waals surface area contributed by atoms with Gasteiger partial charge in [-0.05, 0) is 74.1 Å². The van der Waals surface area contributed by atoms with Crippen molar-refractivity contribution >= 4 is 29.0 Å². The Kier molecular flexibility index (Phi) is 7.23. The highest BCUT2D eigenvalue weighted by molar-refractivity contribution is 6.06. The van der Waals surface area contributed by atoms with Crippen LogP contribution in [0.4, 0.5) is 11.4 Å². The first-order valence-corrected chi connectivity index (χ1v) is 12.0. The molecule has 0 radical (unpaired) electrons. The van der Waals surface area contributed by atoms with E-state index in [4.69, 9.17) is 0 Å². The number of hydrogen-bond donors (Lipinski definition) is 1. The van der Waals surface area contributed by atoms with Gasteiger partial charge < -0.3 is 9.80 Å². The molecule has 1 aliphatic heterocycles. The second-order valence-corrected chi connectivity index (χ2v) is 9.25. The van der Waals surface area contributed by atoms with Crippen LogP contribution in [0.15, 0.2) is 48.5 Å². The van der Waals surface area contributed by atoms with Gasteiger partial charge in [0.1, 0.15) is 5.78 Å². The molecule has 1 unspecified atom stereocenters. The first-order chi connectivity index (χ1) is 15.9. The molecule has 0 spiro atoms. The maximum absolute atomic E-state index is 13.0. The van der Waals surface area contributed by atoms with Gasteiger partial charge in [0.15, 0.2) is 0 Å². The van der Waals surface area contributed by atoms with E-state index in [2.05, 4.69) is 17.4 Å². The number of nitrogens with zero attached hydrogens (tertiary/aromatic N) is 2. The number of rotatable bonds is 7. The van der Waals surface area contributed by atoms with Crippen molar-refractivity contribution in [2.24, 2.45) is 0 Å². The van der Waals surface area contributed by atoms with Crippen LogP contribution in [0.5, 0.6) is 0 Å². The standard InChI is InChI=1S/C27H33N3O3/c1-19(31)18-28-25-16-17-30(27(25)33)24-14-12-23(13-15-24)29(2)26(32)22-10-8-21(9-11-22)20-6-4-3-5-7-20/h8-15,20,25,28H,3-7,16-18H2,1-2H3. The van der Waals surface area contributed by atoms with E-state index in [0.717, 1.165) is 11.4 Å². The van der Waals surface area contributed by atoms with Crippen LogP contribution in [-0.4, -0.2) is 43.8 Å². The van der Waals surface area contributed by atoms with Crippen molar-refractivity contribution in [1.29, 1.82) is 0 Å². The number of nitrogens with one attached hydrogen (secondary N) is 1. The summed E-state index contributed by atoms with van der Waals surface area (Å²) in [7, 11) is 1.77. The molecule has 2 aliphatic rings. The molecule has 1 saturated carbocycles. The third kappa shape index (κ3) is 5.33. The van der Waals surface area contributed by atoms with Gasteiger partial charge in [-0.25, -0.2) is 0 Å². The van der Waals surface area contributed by atoms with Gasteiger partial charge in [-0.15, -0.1) is 0 Å². The zero-order valence-electron chi connectivity index (χ0n) is 19.5. The lowest BCUT2D eigenvalue weighted by Crippen LogP contribution is -2.40. The van der Waals surface area contributed by atoms with Crippen LogP contribution < -0.4 is 15.1 Å². The van der Waals surface area contributed by atoms with Crippen molar-refractivity contribution < 1.29 is 14.4 Å².